The van der Waals surface area contributed by atoms with Crippen LogP contribution in [0.1, 0.15) is 13.8 Å². The Bertz CT molecular complexity index is 746. The summed E-state index contributed by atoms with van der Waals surface area (Å²) in [7, 11) is 0. The fourth-order valence-corrected chi connectivity index (χ4v) is 24.3. The van der Waals surface area contributed by atoms with Gasteiger partial charge in [0, 0.05) is 0 Å². The van der Waals surface area contributed by atoms with Crippen LogP contribution in [0.3, 0.4) is 0 Å². The third-order valence-electron chi connectivity index (χ3n) is 3.32. The van der Waals surface area contributed by atoms with Crippen molar-refractivity contribution in [2.75, 3.05) is 11.5 Å². The van der Waals surface area contributed by atoms with Gasteiger partial charge in [-0.1, -0.05) is 0 Å². The van der Waals surface area contributed by atoms with Crippen LogP contribution < -0.4 is 0 Å². The molecular formula is C14H10S8Se2. The van der Waals surface area contributed by atoms with Gasteiger partial charge in [0.25, 0.3) is 0 Å². The summed E-state index contributed by atoms with van der Waals surface area (Å²) in [5.74, 6) is 2.65. The summed E-state index contributed by atoms with van der Waals surface area (Å²) < 4.78 is 13.1. The molecule has 0 amide bonds. The van der Waals surface area contributed by atoms with Crippen LogP contribution in [0.15, 0.2) is 42.0 Å². The summed E-state index contributed by atoms with van der Waals surface area (Å²) >= 11 is 17.7. The van der Waals surface area contributed by atoms with Crippen molar-refractivity contribution in [3.05, 3.63) is 42.0 Å². The van der Waals surface area contributed by atoms with Crippen LogP contribution in [0, 0.1) is 0 Å². The molecule has 0 radical (unpaired) electrons. The zero-order valence-corrected chi connectivity index (χ0v) is 22.5. The van der Waals surface area contributed by atoms with E-state index in [9.17, 15) is 0 Å². The van der Waals surface area contributed by atoms with Crippen LogP contribution in [0.4, 0.5) is 0 Å². The maximum absolute atomic E-state index is 2.24. The molecule has 0 bridgehead atoms. The molecule has 24 heavy (non-hydrogen) atoms. The van der Waals surface area contributed by atoms with E-state index in [0.717, 1.165) is 0 Å². The van der Waals surface area contributed by atoms with Crippen LogP contribution in [-0.2, 0) is 0 Å². The van der Waals surface area contributed by atoms with Crippen molar-refractivity contribution in [3.8, 4) is 0 Å². The molecule has 0 aromatic carbocycles. The van der Waals surface area contributed by atoms with Gasteiger partial charge in [-0.25, -0.2) is 0 Å². The standard InChI is InChI=1S/C14H10S8Se2/c1-5-6(2)18-7(17-5)8-19-9-10(20-8)22-11(21-9)14-23-12-13(24-14)16-4-3-15-12/h3-4H2,1-2H3. The Kier molecular flexibility index (Phi) is 6.00. The van der Waals surface area contributed by atoms with Crippen molar-refractivity contribution in [1.29, 1.82) is 0 Å². The van der Waals surface area contributed by atoms with E-state index >= 15 is 0 Å². The van der Waals surface area contributed by atoms with Crippen molar-refractivity contribution < 1.29 is 0 Å². The van der Waals surface area contributed by atoms with Crippen molar-refractivity contribution in [2.24, 2.45) is 0 Å². The van der Waals surface area contributed by atoms with Gasteiger partial charge in [0.2, 0.25) is 0 Å². The van der Waals surface area contributed by atoms with Gasteiger partial charge in [0.15, 0.2) is 0 Å². The molecule has 0 N–H and O–H groups in total. The monoisotopic (exact) mass is 594 g/mol. The van der Waals surface area contributed by atoms with Gasteiger partial charge < -0.3 is 0 Å². The van der Waals surface area contributed by atoms with E-state index in [1.807, 2.05) is 47.0 Å². The summed E-state index contributed by atoms with van der Waals surface area (Å²) in [5.41, 5.74) is 0. The maximum atomic E-state index is 2.24. The first kappa shape index (κ1) is 18.6. The molecule has 10 heteroatoms. The fraction of sp³-hybridized carbons (Fsp3) is 0.286. The first-order valence-electron chi connectivity index (χ1n) is 7.00. The quantitative estimate of drug-likeness (QED) is 0.270. The van der Waals surface area contributed by atoms with Crippen LogP contribution in [0.25, 0.3) is 0 Å². The molecule has 0 aliphatic carbocycles. The van der Waals surface area contributed by atoms with Gasteiger partial charge in [-0.3, -0.25) is 0 Å². The Morgan fingerprint density at radius 3 is 1.50 bits per heavy atom. The molecule has 0 aromatic rings. The molecule has 5 heterocycles. The van der Waals surface area contributed by atoms with Gasteiger partial charge in [-0.15, -0.1) is 0 Å². The fourth-order valence-electron chi connectivity index (χ4n) is 2.08. The molecule has 0 saturated heterocycles. The molecule has 0 unspecified atom stereocenters. The second kappa shape index (κ2) is 7.75. The van der Waals surface area contributed by atoms with E-state index in [4.69, 9.17) is 0 Å². The molecule has 5 aliphatic heterocycles. The predicted octanol–water partition coefficient (Wildman–Crippen LogP) is 7.09. The second-order valence-corrected chi connectivity index (χ2v) is 21.7. The van der Waals surface area contributed by atoms with Crippen LogP contribution in [0.5, 0.6) is 0 Å². The Labute approximate surface area is 189 Å². The average molecular weight is 593 g/mol. The Morgan fingerprint density at radius 2 is 1.00 bits per heavy atom. The van der Waals surface area contributed by atoms with Gasteiger partial charge >= 0.3 is 191 Å². The zero-order valence-electron chi connectivity index (χ0n) is 12.5. The minimum atomic E-state index is 0.633. The van der Waals surface area contributed by atoms with Crippen LogP contribution >= 0.6 is 94.1 Å². The van der Waals surface area contributed by atoms with Crippen molar-refractivity contribution in [1.82, 2.24) is 0 Å². The molecule has 0 fully saturated rings. The van der Waals surface area contributed by atoms with Crippen molar-refractivity contribution in [3.63, 3.8) is 0 Å². The first-order valence-corrected chi connectivity index (χ1v) is 17.3. The molecule has 0 aromatic heterocycles. The molecule has 0 saturated carbocycles. The van der Waals surface area contributed by atoms with E-state index in [-0.39, 0.29) is 0 Å². The van der Waals surface area contributed by atoms with E-state index in [0.29, 0.717) is 29.9 Å². The summed E-state index contributed by atoms with van der Waals surface area (Å²) in [5, 5.41) is 0. The van der Waals surface area contributed by atoms with Gasteiger partial charge in [0.1, 0.15) is 0 Å². The van der Waals surface area contributed by atoms with Crippen LogP contribution in [0.2, 0.25) is 0 Å². The molecule has 0 nitrogen and oxygen atoms in total. The SMILES string of the molecule is CC1=C(C)SC(=C2SC3=C(S2)SC(=C2[Se]C4=C(SCCS4)[Se]2)S3)S1. The normalized spacial score (nSPS) is 27.2. The third-order valence-corrected chi connectivity index (χ3v) is 24.1. The summed E-state index contributed by atoms with van der Waals surface area (Å²) in [4.78, 5) is 2.95. The average Bonchev–Trinajstić information content (AvgIpc) is 3.29. The molecule has 126 valence electrons. The Hall–Kier alpha value is 2.54. The van der Waals surface area contributed by atoms with E-state index < -0.39 is 0 Å². The van der Waals surface area contributed by atoms with E-state index in [2.05, 4.69) is 60.9 Å². The topological polar surface area (TPSA) is 0 Å². The molecular weight excluding hydrogens is 583 g/mol. The molecule has 0 spiro atoms. The van der Waals surface area contributed by atoms with E-state index in [1.54, 1.807) is 23.7 Å². The van der Waals surface area contributed by atoms with Crippen LogP contribution in [-0.4, -0.2) is 41.4 Å². The number of thioether (sulfide) groups is 8. The van der Waals surface area contributed by atoms with Gasteiger partial charge in [0.05, 0.1) is 0 Å². The minimum absolute atomic E-state index is 0.633. The van der Waals surface area contributed by atoms with Crippen molar-refractivity contribution >= 4 is 124 Å². The van der Waals surface area contributed by atoms with Gasteiger partial charge in [-0.2, -0.15) is 0 Å². The van der Waals surface area contributed by atoms with Crippen molar-refractivity contribution in [2.45, 2.75) is 13.8 Å². The molecule has 0 atom stereocenters. The first-order chi connectivity index (χ1) is 11.7. The number of hydrogen-bond acceptors (Lipinski definition) is 8. The van der Waals surface area contributed by atoms with E-state index in [1.165, 1.54) is 29.8 Å². The predicted molar refractivity (Wildman–Crippen MR) is 128 cm³/mol. The Balaban J connectivity index is 1.29. The zero-order chi connectivity index (χ0) is 16.3. The Morgan fingerprint density at radius 1 is 0.583 bits per heavy atom. The number of rotatable bonds is 0. The summed E-state index contributed by atoms with van der Waals surface area (Å²) in [6.45, 7) is 4.49. The summed E-state index contributed by atoms with van der Waals surface area (Å²) in [6.07, 6.45) is 0. The third kappa shape index (κ3) is 3.59. The summed E-state index contributed by atoms with van der Waals surface area (Å²) in [6, 6.07) is 0. The molecule has 5 aliphatic rings. The number of allylic oxidation sites excluding steroid dienone is 2. The van der Waals surface area contributed by atoms with Gasteiger partial charge in [-0.05, 0) is 0 Å². The second-order valence-electron chi connectivity index (χ2n) is 4.93. The number of hydrogen-bond donors (Lipinski definition) is 0. The molecule has 5 rings (SSSR count).